The number of carbonyl (C=O) groups is 3. The second-order valence-electron chi connectivity index (χ2n) is 6.62. The Bertz CT molecular complexity index is 992. The van der Waals surface area contributed by atoms with Gasteiger partial charge in [-0.3, -0.25) is 9.59 Å². The minimum Gasteiger partial charge on any atom is -0.493 e. The lowest BCUT2D eigenvalue weighted by Crippen LogP contribution is -2.12. The van der Waals surface area contributed by atoms with Crippen molar-refractivity contribution in [2.45, 2.75) is 34.1 Å². The maximum absolute atomic E-state index is 12.5. The van der Waals surface area contributed by atoms with Gasteiger partial charge in [0.25, 0.3) is 0 Å². The Labute approximate surface area is 186 Å². The molecule has 0 atom stereocenters. The lowest BCUT2D eigenvalue weighted by molar-refractivity contribution is -0.111. The molecule has 1 heterocycles. The molecule has 1 aromatic carbocycles. The third-order valence-corrected chi connectivity index (χ3v) is 5.57. The van der Waals surface area contributed by atoms with Gasteiger partial charge < -0.3 is 19.5 Å². The molecule has 0 saturated carbocycles. The zero-order valence-electron chi connectivity index (χ0n) is 18.4. The second kappa shape index (κ2) is 11.3. The number of Topliss-reactive ketones (excluding diaryl/α,β-unsaturated/α-hetero) is 1. The first-order chi connectivity index (χ1) is 14.8. The average molecular weight is 446 g/mol. The fraction of sp³-hybridized carbons (Fsp3) is 0.348. The summed E-state index contributed by atoms with van der Waals surface area (Å²) < 4.78 is 16.1. The van der Waals surface area contributed by atoms with Crippen LogP contribution in [0.3, 0.4) is 0 Å². The summed E-state index contributed by atoms with van der Waals surface area (Å²) in [5.41, 5.74) is 1.45. The number of thiophene rings is 1. The highest BCUT2D eigenvalue weighted by Crippen LogP contribution is 2.34. The molecule has 0 unspecified atom stereocenters. The van der Waals surface area contributed by atoms with E-state index in [1.54, 1.807) is 39.2 Å². The van der Waals surface area contributed by atoms with Crippen molar-refractivity contribution in [3.8, 4) is 11.5 Å². The van der Waals surface area contributed by atoms with Gasteiger partial charge in [-0.05, 0) is 56.5 Å². The molecule has 2 aromatic rings. The molecule has 1 aromatic heterocycles. The number of ether oxygens (including phenoxy) is 3. The van der Waals surface area contributed by atoms with Crippen LogP contribution < -0.4 is 14.8 Å². The molecule has 31 heavy (non-hydrogen) atoms. The van der Waals surface area contributed by atoms with Crippen molar-refractivity contribution in [3.05, 3.63) is 45.8 Å². The Kier molecular flexibility index (Phi) is 8.81. The third-order valence-electron chi connectivity index (χ3n) is 4.26. The van der Waals surface area contributed by atoms with Gasteiger partial charge in [0.2, 0.25) is 5.91 Å². The summed E-state index contributed by atoms with van der Waals surface area (Å²) >= 11 is 1.06. The van der Waals surface area contributed by atoms with E-state index in [-0.39, 0.29) is 23.0 Å². The smallest absolute Gasteiger partial charge is 0.341 e. The van der Waals surface area contributed by atoms with Crippen LogP contribution >= 0.6 is 11.3 Å². The third kappa shape index (κ3) is 6.18. The molecular formula is C23H27NO6S. The number of esters is 1. The monoisotopic (exact) mass is 445 g/mol. The molecule has 1 N–H and O–H groups in total. The van der Waals surface area contributed by atoms with Gasteiger partial charge in [-0.2, -0.15) is 0 Å². The van der Waals surface area contributed by atoms with Gasteiger partial charge in [-0.1, -0.05) is 13.0 Å². The summed E-state index contributed by atoms with van der Waals surface area (Å²) in [5.74, 6) is 0.0145. The molecule has 0 fully saturated rings. The Morgan fingerprint density at radius 2 is 1.90 bits per heavy atom. The topological polar surface area (TPSA) is 90.9 Å². The van der Waals surface area contributed by atoms with Crippen LogP contribution in [-0.2, 0) is 9.53 Å². The number of carbonyl (C=O) groups excluding carboxylic acids is 3. The van der Waals surface area contributed by atoms with E-state index < -0.39 is 11.9 Å². The number of nitrogens with one attached hydrogen (secondary N) is 1. The number of ketones is 1. The zero-order chi connectivity index (χ0) is 23.0. The summed E-state index contributed by atoms with van der Waals surface area (Å²) in [6.07, 6.45) is 3.85. The van der Waals surface area contributed by atoms with Crippen molar-refractivity contribution < 1.29 is 28.6 Å². The molecule has 166 valence electrons. The van der Waals surface area contributed by atoms with Gasteiger partial charge in [-0.15, -0.1) is 11.3 Å². The number of hydrogen-bond acceptors (Lipinski definition) is 7. The number of anilines is 1. The largest absolute Gasteiger partial charge is 0.493 e. The summed E-state index contributed by atoms with van der Waals surface area (Å²) in [7, 11) is 1.55. The van der Waals surface area contributed by atoms with Crippen LogP contribution in [0.2, 0.25) is 0 Å². The number of rotatable bonds is 10. The van der Waals surface area contributed by atoms with E-state index in [0.29, 0.717) is 28.5 Å². The van der Waals surface area contributed by atoms with Crippen LogP contribution in [0.1, 0.15) is 58.3 Å². The molecule has 0 aliphatic rings. The lowest BCUT2D eigenvalue weighted by Gasteiger charge is -2.10. The molecule has 0 bridgehead atoms. The molecule has 0 aliphatic carbocycles. The van der Waals surface area contributed by atoms with Crippen LogP contribution in [0.25, 0.3) is 6.08 Å². The van der Waals surface area contributed by atoms with Crippen LogP contribution in [0, 0.1) is 6.92 Å². The summed E-state index contributed by atoms with van der Waals surface area (Å²) in [6, 6.07) is 5.36. The van der Waals surface area contributed by atoms with E-state index >= 15 is 0 Å². The molecule has 0 spiro atoms. The van der Waals surface area contributed by atoms with Gasteiger partial charge in [-0.25, -0.2) is 4.79 Å². The Hall–Kier alpha value is -3.13. The van der Waals surface area contributed by atoms with E-state index in [1.165, 1.54) is 13.0 Å². The van der Waals surface area contributed by atoms with E-state index in [0.717, 1.165) is 23.3 Å². The molecule has 0 radical (unpaired) electrons. The number of benzene rings is 1. The summed E-state index contributed by atoms with van der Waals surface area (Å²) in [4.78, 5) is 37.1. The first kappa shape index (κ1) is 24.1. The highest BCUT2D eigenvalue weighted by Gasteiger charge is 2.24. The van der Waals surface area contributed by atoms with Gasteiger partial charge in [0.05, 0.1) is 30.8 Å². The van der Waals surface area contributed by atoms with Crippen LogP contribution in [0.4, 0.5) is 5.00 Å². The summed E-state index contributed by atoms with van der Waals surface area (Å²) in [6.45, 7) is 7.57. The van der Waals surface area contributed by atoms with Gasteiger partial charge in [0, 0.05) is 6.08 Å². The quantitative estimate of drug-likeness (QED) is 0.318. The highest BCUT2D eigenvalue weighted by molar-refractivity contribution is 7.18. The predicted molar refractivity (Wildman–Crippen MR) is 121 cm³/mol. The van der Waals surface area contributed by atoms with Gasteiger partial charge >= 0.3 is 5.97 Å². The maximum atomic E-state index is 12.5. The molecule has 1 amide bonds. The molecule has 7 nitrogen and oxygen atoms in total. The van der Waals surface area contributed by atoms with Crippen molar-refractivity contribution >= 4 is 40.1 Å². The van der Waals surface area contributed by atoms with Crippen molar-refractivity contribution in [2.75, 3.05) is 25.6 Å². The summed E-state index contributed by atoms with van der Waals surface area (Å²) in [5, 5.41) is 2.98. The Balaban J connectivity index is 2.22. The van der Waals surface area contributed by atoms with Gasteiger partial charge in [0.15, 0.2) is 17.3 Å². The fourth-order valence-electron chi connectivity index (χ4n) is 2.83. The van der Waals surface area contributed by atoms with Crippen molar-refractivity contribution in [1.82, 2.24) is 0 Å². The van der Waals surface area contributed by atoms with Crippen molar-refractivity contribution in [2.24, 2.45) is 0 Å². The minimum atomic E-state index is -0.574. The molecule has 8 heteroatoms. The zero-order valence-corrected chi connectivity index (χ0v) is 19.2. The Morgan fingerprint density at radius 1 is 1.16 bits per heavy atom. The standard InChI is InChI=1S/C23H27NO6S/c1-6-12-30-17-10-8-16(13-18(17)28-5)9-11-19(26)24-22-20(23(27)29-7-2)14(3)21(31-22)15(4)25/h8-11,13H,6-7,12H2,1-5H3,(H,24,26). The van der Waals surface area contributed by atoms with Crippen molar-refractivity contribution in [3.63, 3.8) is 0 Å². The highest BCUT2D eigenvalue weighted by atomic mass is 32.1. The van der Waals surface area contributed by atoms with Crippen LogP contribution in [-0.4, -0.2) is 38.0 Å². The van der Waals surface area contributed by atoms with Crippen LogP contribution in [0.5, 0.6) is 11.5 Å². The lowest BCUT2D eigenvalue weighted by atomic mass is 10.1. The average Bonchev–Trinajstić information content (AvgIpc) is 3.07. The molecule has 0 saturated heterocycles. The number of hydrogen-bond donors (Lipinski definition) is 1. The normalized spacial score (nSPS) is 10.7. The first-order valence-electron chi connectivity index (χ1n) is 9.93. The fourth-order valence-corrected chi connectivity index (χ4v) is 3.92. The first-order valence-corrected chi connectivity index (χ1v) is 10.7. The van der Waals surface area contributed by atoms with E-state index in [9.17, 15) is 14.4 Å². The molecular weight excluding hydrogens is 418 g/mol. The van der Waals surface area contributed by atoms with E-state index in [1.807, 2.05) is 13.0 Å². The predicted octanol–water partition coefficient (Wildman–Crippen LogP) is 4.89. The van der Waals surface area contributed by atoms with Crippen molar-refractivity contribution in [1.29, 1.82) is 0 Å². The molecule has 0 aliphatic heterocycles. The van der Waals surface area contributed by atoms with Crippen LogP contribution in [0.15, 0.2) is 24.3 Å². The SMILES string of the molecule is CCCOc1ccc(C=CC(=O)Nc2sc(C(C)=O)c(C)c2C(=O)OCC)cc1OC. The minimum absolute atomic E-state index is 0.179. The van der Waals surface area contributed by atoms with E-state index in [2.05, 4.69) is 5.32 Å². The van der Waals surface area contributed by atoms with Gasteiger partial charge in [0.1, 0.15) is 5.00 Å². The molecule has 2 rings (SSSR count). The maximum Gasteiger partial charge on any atom is 0.341 e. The number of methoxy groups -OCH3 is 1. The van der Waals surface area contributed by atoms with E-state index in [4.69, 9.17) is 14.2 Å². The number of amides is 1. The Morgan fingerprint density at radius 3 is 2.52 bits per heavy atom. The second-order valence-corrected chi connectivity index (χ2v) is 7.64.